The molecular formula is C21H24N4O4S2. The Labute approximate surface area is 190 Å². The molecule has 10 heteroatoms. The van der Waals surface area contributed by atoms with Crippen molar-refractivity contribution in [2.24, 2.45) is 13.0 Å². The van der Waals surface area contributed by atoms with Gasteiger partial charge in [0.2, 0.25) is 0 Å². The van der Waals surface area contributed by atoms with Crippen LogP contribution in [0.25, 0.3) is 6.08 Å². The van der Waals surface area contributed by atoms with Crippen LogP contribution in [0.2, 0.25) is 0 Å². The molecule has 0 aromatic carbocycles. The van der Waals surface area contributed by atoms with E-state index in [0.29, 0.717) is 52.3 Å². The molecule has 8 nitrogen and oxygen atoms in total. The molecule has 2 saturated heterocycles. The minimum atomic E-state index is -0.409. The second-order valence-corrected chi connectivity index (χ2v) is 9.17. The third-order valence-corrected chi connectivity index (χ3v) is 7.06. The van der Waals surface area contributed by atoms with Gasteiger partial charge < -0.3 is 9.64 Å². The van der Waals surface area contributed by atoms with Crippen molar-refractivity contribution in [1.29, 1.82) is 5.26 Å². The van der Waals surface area contributed by atoms with Crippen LogP contribution in [0, 0.1) is 24.2 Å². The van der Waals surface area contributed by atoms with Crippen molar-refractivity contribution < 1.29 is 14.3 Å². The van der Waals surface area contributed by atoms with Gasteiger partial charge >= 0.3 is 5.97 Å². The minimum absolute atomic E-state index is 0.0310. The molecule has 1 amide bonds. The predicted molar refractivity (Wildman–Crippen MR) is 124 cm³/mol. The van der Waals surface area contributed by atoms with Gasteiger partial charge in [-0.3, -0.25) is 23.9 Å². The zero-order chi connectivity index (χ0) is 22.9. The molecule has 1 atom stereocenters. The molecule has 1 aromatic heterocycles. The molecule has 0 aliphatic carbocycles. The molecule has 3 heterocycles. The number of pyridine rings is 1. The van der Waals surface area contributed by atoms with Crippen molar-refractivity contribution in [3.63, 3.8) is 0 Å². The molecule has 2 aliphatic heterocycles. The number of carbonyl (C=O) groups excluding carboxylic acids is 2. The summed E-state index contributed by atoms with van der Waals surface area (Å²) in [6, 6.07) is 1.99. The molecule has 2 fully saturated rings. The molecular weight excluding hydrogens is 436 g/mol. The van der Waals surface area contributed by atoms with E-state index in [1.54, 1.807) is 34.0 Å². The molecule has 0 spiro atoms. The molecule has 0 radical (unpaired) electrons. The van der Waals surface area contributed by atoms with E-state index >= 15 is 0 Å². The average Bonchev–Trinajstić information content (AvgIpc) is 2.99. The van der Waals surface area contributed by atoms with Crippen LogP contribution in [0.5, 0.6) is 0 Å². The number of nitriles is 1. The summed E-state index contributed by atoms with van der Waals surface area (Å²) in [5.41, 5.74) is 0.731. The van der Waals surface area contributed by atoms with E-state index in [-0.39, 0.29) is 23.4 Å². The highest BCUT2D eigenvalue weighted by Gasteiger charge is 2.33. The van der Waals surface area contributed by atoms with Gasteiger partial charge in [-0.2, -0.15) is 5.26 Å². The van der Waals surface area contributed by atoms with E-state index < -0.39 is 5.56 Å². The summed E-state index contributed by atoms with van der Waals surface area (Å²) in [5, 5.41) is 9.56. The summed E-state index contributed by atoms with van der Waals surface area (Å²) in [6.07, 6.45) is 3.16. The fraction of sp³-hybridized carbons (Fsp3) is 0.476. The topological polar surface area (TPSA) is 95.6 Å². The third-order valence-electron chi connectivity index (χ3n) is 5.57. The van der Waals surface area contributed by atoms with Crippen LogP contribution in [0.1, 0.15) is 36.5 Å². The molecule has 3 rings (SSSR count). The Bertz CT molecular complexity index is 1090. The summed E-state index contributed by atoms with van der Waals surface area (Å²) in [6.45, 7) is 4.83. The second kappa shape index (κ2) is 9.24. The Kier molecular flexibility index (Phi) is 6.86. The van der Waals surface area contributed by atoms with Crippen LogP contribution in [0.15, 0.2) is 9.70 Å². The van der Waals surface area contributed by atoms with Gasteiger partial charge in [0, 0.05) is 32.7 Å². The molecule has 164 valence electrons. The fourth-order valence-corrected chi connectivity index (χ4v) is 5.05. The maximum Gasteiger partial charge on any atom is 0.310 e. The van der Waals surface area contributed by atoms with Crippen molar-refractivity contribution >= 4 is 52.1 Å². The Morgan fingerprint density at radius 1 is 1.39 bits per heavy atom. The zero-order valence-corrected chi connectivity index (χ0v) is 19.6. The molecule has 0 N–H and O–H groups in total. The summed E-state index contributed by atoms with van der Waals surface area (Å²) < 4.78 is 7.07. The predicted octanol–water partition coefficient (Wildman–Crippen LogP) is 2.18. The standard InChI is InChI=1S/C21H24N4O4S2/c1-5-29-20(28)13-7-6-8-25(11-13)17-14(9-16-19(27)24(4)21(30)31-16)12(2)15(10-22)18(26)23(17)3/h9,13H,5-8,11H2,1-4H3/b16-9+. The molecule has 1 unspecified atom stereocenters. The molecule has 1 aromatic rings. The number of esters is 1. The van der Waals surface area contributed by atoms with Gasteiger partial charge in [0.25, 0.3) is 11.5 Å². The number of hydrogen-bond acceptors (Lipinski definition) is 8. The van der Waals surface area contributed by atoms with Crippen LogP contribution in [-0.2, 0) is 21.4 Å². The lowest BCUT2D eigenvalue weighted by atomic mass is 9.96. The van der Waals surface area contributed by atoms with Gasteiger partial charge in [0.15, 0.2) is 0 Å². The van der Waals surface area contributed by atoms with Crippen molar-refractivity contribution in [2.75, 3.05) is 31.6 Å². The number of nitrogens with zero attached hydrogens (tertiary/aromatic N) is 4. The van der Waals surface area contributed by atoms with Gasteiger partial charge in [-0.15, -0.1) is 0 Å². The van der Waals surface area contributed by atoms with Crippen molar-refractivity contribution in [3.8, 4) is 6.07 Å². The molecule has 0 bridgehead atoms. The van der Waals surface area contributed by atoms with E-state index in [2.05, 4.69) is 0 Å². The number of likely N-dealkylation sites (N-methyl/N-ethyl adjacent to an activating group) is 1. The first kappa shape index (κ1) is 23.0. The van der Waals surface area contributed by atoms with E-state index in [0.717, 1.165) is 6.42 Å². The van der Waals surface area contributed by atoms with Crippen molar-refractivity contribution in [2.45, 2.75) is 26.7 Å². The van der Waals surface area contributed by atoms with E-state index in [1.165, 1.54) is 21.2 Å². The maximum atomic E-state index is 12.9. The van der Waals surface area contributed by atoms with E-state index in [9.17, 15) is 19.6 Å². The minimum Gasteiger partial charge on any atom is -0.466 e. The first-order valence-corrected chi connectivity index (χ1v) is 11.2. The molecule has 0 saturated carbocycles. The SMILES string of the molecule is CCOC(=O)C1CCCN(c2c(/C=C3/SC(=S)N(C)C3=O)c(C)c(C#N)c(=O)n2C)C1. The lowest BCUT2D eigenvalue weighted by Gasteiger charge is -2.35. The third kappa shape index (κ3) is 4.25. The number of piperidine rings is 1. The summed E-state index contributed by atoms with van der Waals surface area (Å²) in [4.78, 5) is 41.6. The first-order valence-electron chi connectivity index (χ1n) is 9.98. The van der Waals surface area contributed by atoms with Gasteiger partial charge in [0.1, 0.15) is 21.8 Å². The number of carbonyl (C=O) groups is 2. The zero-order valence-electron chi connectivity index (χ0n) is 17.9. The molecule has 31 heavy (non-hydrogen) atoms. The van der Waals surface area contributed by atoms with Gasteiger partial charge in [0.05, 0.1) is 17.4 Å². The Hall–Kier alpha value is -2.64. The number of aromatic nitrogens is 1. The number of rotatable bonds is 4. The Morgan fingerprint density at radius 2 is 2.10 bits per heavy atom. The summed E-state index contributed by atoms with van der Waals surface area (Å²) in [7, 11) is 3.22. The van der Waals surface area contributed by atoms with Gasteiger partial charge in [-0.1, -0.05) is 24.0 Å². The smallest absolute Gasteiger partial charge is 0.310 e. The van der Waals surface area contributed by atoms with Gasteiger partial charge in [-0.05, 0) is 38.3 Å². The summed E-state index contributed by atoms with van der Waals surface area (Å²) >= 11 is 6.41. The van der Waals surface area contributed by atoms with Crippen molar-refractivity contribution in [1.82, 2.24) is 9.47 Å². The monoisotopic (exact) mass is 460 g/mol. The van der Waals surface area contributed by atoms with Crippen LogP contribution >= 0.6 is 24.0 Å². The lowest BCUT2D eigenvalue weighted by molar-refractivity contribution is -0.148. The number of thioether (sulfide) groups is 1. The Balaban J connectivity index is 2.15. The lowest BCUT2D eigenvalue weighted by Crippen LogP contribution is -2.42. The first-order chi connectivity index (χ1) is 14.7. The maximum absolute atomic E-state index is 12.9. The normalized spacial score (nSPS) is 20.4. The number of amides is 1. The number of hydrogen-bond donors (Lipinski definition) is 0. The Morgan fingerprint density at radius 3 is 2.68 bits per heavy atom. The quantitative estimate of drug-likeness (QED) is 0.383. The fourth-order valence-electron chi connectivity index (χ4n) is 3.89. The van der Waals surface area contributed by atoms with Crippen LogP contribution < -0.4 is 10.5 Å². The highest BCUT2D eigenvalue weighted by Crippen LogP contribution is 2.36. The van der Waals surface area contributed by atoms with E-state index in [1.807, 2.05) is 11.0 Å². The second-order valence-electron chi connectivity index (χ2n) is 7.49. The number of anilines is 1. The number of ether oxygens (including phenoxy) is 1. The van der Waals surface area contributed by atoms with Crippen molar-refractivity contribution in [3.05, 3.63) is 31.9 Å². The number of thiocarbonyl (C=S) groups is 1. The largest absolute Gasteiger partial charge is 0.466 e. The van der Waals surface area contributed by atoms with Crippen LogP contribution in [-0.4, -0.2) is 52.4 Å². The average molecular weight is 461 g/mol. The van der Waals surface area contributed by atoms with Gasteiger partial charge in [-0.25, -0.2) is 0 Å². The highest BCUT2D eigenvalue weighted by molar-refractivity contribution is 8.26. The highest BCUT2D eigenvalue weighted by atomic mass is 32.2. The molecule has 2 aliphatic rings. The summed E-state index contributed by atoms with van der Waals surface area (Å²) in [5.74, 6) is -0.204. The van der Waals surface area contributed by atoms with Crippen LogP contribution in [0.3, 0.4) is 0 Å². The van der Waals surface area contributed by atoms with Crippen LogP contribution in [0.4, 0.5) is 5.82 Å². The van der Waals surface area contributed by atoms with E-state index in [4.69, 9.17) is 17.0 Å².